The zero-order valence-corrected chi connectivity index (χ0v) is 17.6. The van der Waals surface area contributed by atoms with E-state index in [4.69, 9.17) is 16.3 Å². The van der Waals surface area contributed by atoms with Crippen molar-refractivity contribution in [2.24, 2.45) is 0 Å². The lowest BCUT2D eigenvalue weighted by Gasteiger charge is -2.23. The fourth-order valence-corrected chi connectivity index (χ4v) is 3.89. The molecule has 1 aliphatic rings. The van der Waals surface area contributed by atoms with E-state index in [1.54, 1.807) is 41.1 Å². The lowest BCUT2D eigenvalue weighted by atomic mass is 9.85. The fraction of sp³-hybridized carbons (Fsp3) is 0.261. The summed E-state index contributed by atoms with van der Waals surface area (Å²) in [7, 11) is 0. The average molecular weight is 424 g/mol. The van der Waals surface area contributed by atoms with Crippen LogP contribution in [0.4, 0.5) is 5.82 Å². The molecule has 1 N–H and O–H groups in total. The molecule has 2 aromatic carbocycles. The number of nitrogens with zero attached hydrogens (tertiary/aromatic N) is 2. The number of aryl methyl sites for hydroxylation is 1. The molecule has 1 atom stereocenters. The van der Waals surface area contributed by atoms with Gasteiger partial charge in [-0.1, -0.05) is 24.6 Å². The van der Waals surface area contributed by atoms with Gasteiger partial charge >= 0.3 is 0 Å². The Morgan fingerprint density at radius 2 is 2.03 bits per heavy atom. The number of ether oxygens (including phenoxy) is 1. The normalized spacial score (nSPS) is 15.4. The number of benzene rings is 2. The van der Waals surface area contributed by atoms with Crippen molar-refractivity contribution >= 4 is 29.1 Å². The Bertz CT molecular complexity index is 1110. The van der Waals surface area contributed by atoms with Gasteiger partial charge in [-0.3, -0.25) is 9.59 Å². The molecule has 1 aromatic heterocycles. The van der Waals surface area contributed by atoms with Gasteiger partial charge in [0.2, 0.25) is 5.91 Å². The molecular weight excluding hydrogens is 402 g/mol. The van der Waals surface area contributed by atoms with Crippen LogP contribution in [0, 0.1) is 6.92 Å². The number of nitrogens with one attached hydrogen (secondary N) is 1. The van der Waals surface area contributed by atoms with Crippen LogP contribution < -0.4 is 10.1 Å². The number of aromatic nitrogens is 2. The molecule has 1 aliphatic heterocycles. The minimum Gasteiger partial charge on any atom is -0.494 e. The van der Waals surface area contributed by atoms with Crippen molar-refractivity contribution in [3.05, 3.63) is 70.4 Å². The molecule has 0 saturated heterocycles. The van der Waals surface area contributed by atoms with Crippen molar-refractivity contribution in [2.75, 3.05) is 11.9 Å². The van der Waals surface area contributed by atoms with Crippen molar-refractivity contribution in [1.29, 1.82) is 0 Å². The summed E-state index contributed by atoms with van der Waals surface area (Å²) >= 11 is 6.12. The van der Waals surface area contributed by atoms with E-state index < -0.39 is 5.92 Å². The fourth-order valence-electron chi connectivity index (χ4n) is 3.70. The van der Waals surface area contributed by atoms with E-state index in [-0.39, 0.29) is 18.1 Å². The second kappa shape index (κ2) is 8.32. The Morgan fingerprint density at radius 1 is 1.27 bits per heavy atom. The van der Waals surface area contributed by atoms with Gasteiger partial charge in [-0.25, -0.2) is 4.68 Å². The lowest BCUT2D eigenvalue weighted by Crippen LogP contribution is -2.28. The van der Waals surface area contributed by atoms with E-state index >= 15 is 0 Å². The largest absolute Gasteiger partial charge is 0.494 e. The molecule has 3 aromatic rings. The smallest absolute Gasteiger partial charge is 0.226 e. The van der Waals surface area contributed by atoms with E-state index in [9.17, 15) is 9.59 Å². The summed E-state index contributed by atoms with van der Waals surface area (Å²) in [6, 6.07) is 14.3. The van der Waals surface area contributed by atoms with Crippen molar-refractivity contribution in [3.63, 3.8) is 0 Å². The van der Waals surface area contributed by atoms with Crippen LogP contribution in [-0.2, 0) is 4.79 Å². The lowest BCUT2D eigenvalue weighted by molar-refractivity contribution is -0.116. The highest BCUT2D eigenvalue weighted by atomic mass is 35.5. The summed E-state index contributed by atoms with van der Waals surface area (Å²) < 4.78 is 7.22. The predicted octanol–water partition coefficient (Wildman–Crippen LogP) is 4.93. The third-order valence-corrected chi connectivity index (χ3v) is 5.32. The average Bonchev–Trinajstić information content (AvgIpc) is 3.08. The number of fused-ring (bicyclic) bond motifs is 1. The number of Topliss-reactive ketones (excluding diaryl/α,β-unsaturated/α-hetero) is 1. The standard InChI is InChI=1S/C23H22ClN3O3/c1-3-11-30-18-9-7-15(8-10-18)22(29)19-13-20(28)25-23-21(19)14(2)26-27(23)17-6-4-5-16(24)12-17/h4-10,12,19H,3,11,13H2,1-2H3,(H,25,28)/t19-/m1/s1. The number of carbonyl (C=O) groups is 2. The van der Waals surface area contributed by atoms with E-state index in [1.165, 1.54) is 0 Å². The van der Waals surface area contributed by atoms with E-state index in [0.29, 0.717) is 28.7 Å². The predicted molar refractivity (Wildman–Crippen MR) is 116 cm³/mol. The van der Waals surface area contributed by atoms with Crippen LogP contribution in [0.1, 0.15) is 47.3 Å². The van der Waals surface area contributed by atoms with Gasteiger partial charge in [0.05, 0.1) is 23.9 Å². The topological polar surface area (TPSA) is 73.2 Å². The van der Waals surface area contributed by atoms with Crippen LogP contribution in [0.3, 0.4) is 0 Å². The van der Waals surface area contributed by atoms with Gasteiger partial charge in [0.15, 0.2) is 5.78 Å². The number of hydrogen-bond acceptors (Lipinski definition) is 4. The molecule has 30 heavy (non-hydrogen) atoms. The molecule has 2 heterocycles. The van der Waals surface area contributed by atoms with Gasteiger partial charge in [0.1, 0.15) is 11.6 Å². The minimum atomic E-state index is -0.593. The Balaban J connectivity index is 1.70. The highest BCUT2D eigenvalue weighted by Gasteiger charge is 2.36. The molecule has 7 heteroatoms. The van der Waals surface area contributed by atoms with Crippen molar-refractivity contribution in [2.45, 2.75) is 32.6 Å². The zero-order valence-electron chi connectivity index (χ0n) is 16.8. The van der Waals surface area contributed by atoms with Crippen molar-refractivity contribution in [3.8, 4) is 11.4 Å². The Hall–Kier alpha value is -3.12. The minimum absolute atomic E-state index is 0.0853. The van der Waals surface area contributed by atoms with Gasteiger partial charge in [0, 0.05) is 22.6 Å². The monoisotopic (exact) mass is 423 g/mol. The number of halogens is 1. The maximum absolute atomic E-state index is 13.3. The molecule has 0 aliphatic carbocycles. The summed E-state index contributed by atoms with van der Waals surface area (Å²) in [5.41, 5.74) is 2.70. The SMILES string of the molecule is CCCOc1ccc(C(=O)[C@@H]2CC(=O)Nc3c2c(C)nn3-c2cccc(Cl)c2)cc1. The van der Waals surface area contributed by atoms with Crippen molar-refractivity contribution in [1.82, 2.24) is 9.78 Å². The first-order valence-corrected chi connectivity index (χ1v) is 10.3. The maximum Gasteiger partial charge on any atom is 0.226 e. The Kier molecular flexibility index (Phi) is 5.59. The number of anilines is 1. The van der Waals surface area contributed by atoms with Gasteiger partial charge in [-0.2, -0.15) is 5.10 Å². The third-order valence-electron chi connectivity index (χ3n) is 5.08. The first-order chi connectivity index (χ1) is 14.5. The molecule has 0 saturated carbocycles. The van der Waals surface area contributed by atoms with Gasteiger partial charge in [0.25, 0.3) is 0 Å². The summed E-state index contributed by atoms with van der Waals surface area (Å²) in [6.45, 7) is 4.51. The number of carbonyl (C=O) groups excluding carboxylic acids is 2. The van der Waals surface area contributed by atoms with E-state index in [0.717, 1.165) is 23.4 Å². The van der Waals surface area contributed by atoms with Gasteiger partial charge in [-0.05, 0) is 55.8 Å². The molecule has 0 unspecified atom stereocenters. The number of ketones is 1. The van der Waals surface area contributed by atoms with Crippen LogP contribution in [0.5, 0.6) is 5.75 Å². The van der Waals surface area contributed by atoms with Crippen LogP contribution in [0.2, 0.25) is 5.02 Å². The van der Waals surface area contributed by atoms with Crippen LogP contribution in [-0.4, -0.2) is 28.1 Å². The van der Waals surface area contributed by atoms with Crippen LogP contribution in [0.15, 0.2) is 48.5 Å². The van der Waals surface area contributed by atoms with Crippen LogP contribution >= 0.6 is 11.6 Å². The van der Waals surface area contributed by atoms with Crippen LogP contribution in [0.25, 0.3) is 5.69 Å². The molecule has 6 nitrogen and oxygen atoms in total. The highest BCUT2D eigenvalue weighted by Crippen LogP contribution is 2.38. The Morgan fingerprint density at radius 3 is 2.73 bits per heavy atom. The molecule has 0 spiro atoms. The second-order valence-electron chi connectivity index (χ2n) is 7.28. The highest BCUT2D eigenvalue weighted by molar-refractivity contribution is 6.30. The summed E-state index contributed by atoms with van der Waals surface area (Å²) in [5, 5.41) is 8.03. The first-order valence-electron chi connectivity index (χ1n) is 9.90. The van der Waals surface area contributed by atoms with E-state index in [2.05, 4.69) is 10.4 Å². The summed E-state index contributed by atoms with van der Waals surface area (Å²) in [5.74, 6) is 0.325. The zero-order chi connectivity index (χ0) is 21.3. The maximum atomic E-state index is 13.3. The number of amides is 1. The summed E-state index contributed by atoms with van der Waals surface area (Å²) in [6.07, 6.45) is 0.999. The van der Waals surface area contributed by atoms with E-state index in [1.807, 2.05) is 26.0 Å². The molecule has 4 rings (SSSR count). The Labute approximate surface area is 179 Å². The third kappa shape index (κ3) is 3.83. The molecular formula is C23H22ClN3O3. The molecule has 0 fully saturated rings. The van der Waals surface area contributed by atoms with Gasteiger partial charge in [-0.15, -0.1) is 0 Å². The number of hydrogen-bond donors (Lipinski definition) is 1. The second-order valence-corrected chi connectivity index (χ2v) is 7.72. The molecule has 0 radical (unpaired) electrons. The first kappa shape index (κ1) is 20.2. The molecule has 154 valence electrons. The van der Waals surface area contributed by atoms with Gasteiger partial charge < -0.3 is 10.1 Å². The molecule has 0 bridgehead atoms. The molecule has 1 amide bonds. The number of rotatable bonds is 6. The quantitative estimate of drug-likeness (QED) is 0.570. The summed E-state index contributed by atoms with van der Waals surface area (Å²) in [4.78, 5) is 25.8. The van der Waals surface area contributed by atoms with Crippen molar-refractivity contribution < 1.29 is 14.3 Å².